The number of rotatable bonds is 9. The van der Waals surface area contributed by atoms with Crippen LogP contribution in [-0.2, 0) is 13.1 Å². The number of aliphatic imine (C=N–C) groups is 1. The maximum absolute atomic E-state index is 5.55. The molecule has 6 nitrogen and oxygen atoms in total. The number of benzene rings is 1. The van der Waals surface area contributed by atoms with Crippen LogP contribution in [0.2, 0.25) is 0 Å². The third-order valence-corrected chi connectivity index (χ3v) is 3.92. The van der Waals surface area contributed by atoms with Crippen molar-refractivity contribution in [1.29, 1.82) is 0 Å². The third-order valence-electron chi connectivity index (χ3n) is 3.92. The van der Waals surface area contributed by atoms with E-state index >= 15 is 0 Å². The van der Waals surface area contributed by atoms with Crippen LogP contribution in [0.5, 0.6) is 5.75 Å². The van der Waals surface area contributed by atoms with E-state index in [9.17, 15) is 0 Å². The fourth-order valence-electron chi connectivity index (χ4n) is 2.75. The Balaban J connectivity index is 1.84. The number of hydrogen-bond acceptors (Lipinski definition) is 3. The number of aromatic nitrogens is 2. The first-order valence-electron chi connectivity index (χ1n) is 9.37. The average molecular weight is 358 g/mol. The van der Waals surface area contributed by atoms with E-state index in [-0.39, 0.29) is 0 Å². The highest BCUT2D eigenvalue weighted by atomic mass is 16.5. The number of hydrogen-bond donors (Lipinski definition) is 2. The van der Waals surface area contributed by atoms with Crippen molar-refractivity contribution in [3.63, 3.8) is 0 Å². The van der Waals surface area contributed by atoms with E-state index in [0.717, 1.165) is 49.0 Å². The molecule has 26 heavy (non-hydrogen) atoms. The summed E-state index contributed by atoms with van der Waals surface area (Å²) in [5, 5.41) is 11.2. The van der Waals surface area contributed by atoms with Crippen LogP contribution >= 0.6 is 0 Å². The van der Waals surface area contributed by atoms with Crippen LogP contribution in [0.1, 0.15) is 37.2 Å². The second-order valence-corrected chi connectivity index (χ2v) is 6.21. The minimum atomic E-state index is 0.619. The lowest BCUT2D eigenvalue weighted by atomic mass is 10.2. The molecule has 1 aromatic heterocycles. The quantitative estimate of drug-likeness (QED) is 0.411. The Morgan fingerprint density at radius 2 is 2.04 bits per heavy atom. The lowest BCUT2D eigenvalue weighted by Gasteiger charge is -2.12. The number of aryl methyl sites for hydroxylation is 3. The van der Waals surface area contributed by atoms with Gasteiger partial charge in [-0.1, -0.05) is 12.1 Å². The molecule has 0 fully saturated rings. The summed E-state index contributed by atoms with van der Waals surface area (Å²) in [6, 6.07) is 10.2. The molecule has 0 saturated carbocycles. The van der Waals surface area contributed by atoms with Gasteiger partial charge in [-0.25, -0.2) is 4.99 Å². The van der Waals surface area contributed by atoms with Gasteiger partial charge in [-0.05, 0) is 57.9 Å². The van der Waals surface area contributed by atoms with Crippen molar-refractivity contribution in [2.24, 2.45) is 4.99 Å². The summed E-state index contributed by atoms with van der Waals surface area (Å²) in [5.74, 6) is 1.73. The van der Waals surface area contributed by atoms with Gasteiger partial charge in [0.2, 0.25) is 0 Å². The Morgan fingerprint density at radius 3 is 2.73 bits per heavy atom. The van der Waals surface area contributed by atoms with Gasteiger partial charge in [0.1, 0.15) is 5.75 Å². The minimum Gasteiger partial charge on any atom is -0.494 e. The molecule has 1 aromatic carbocycles. The molecule has 0 aliphatic rings. The molecule has 0 amide bonds. The fraction of sp³-hybridized carbons (Fsp3) is 0.500. The van der Waals surface area contributed by atoms with E-state index in [1.807, 2.05) is 32.0 Å². The second-order valence-electron chi connectivity index (χ2n) is 6.21. The average Bonchev–Trinajstić information content (AvgIpc) is 2.94. The normalized spacial score (nSPS) is 11.5. The smallest absolute Gasteiger partial charge is 0.191 e. The number of guanidine groups is 1. The van der Waals surface area contributed by atoms with Crippen molar-refractivity contribution in [3.05, 3.63) is 47.3 Å². The summed E-state index contributed by atoms with van der Waals surface area (Å²) in [4.78, 5) is 4.67. The summed E-state index contributed by atoms with van der Waals surface area (Å²) < 4.78 is 7.60. The van der Waals surface area contributed by atoms with E-state index in [1.54, 1.807) is 0 Å². The van der Waals surface area contributed by atoms with Gasteiger partial charge in [-0.15, -0.1) is 0 Å². The van der Waals surface area contributed by atoms with Gasteiger partial charge in [-0.3, -0.25) is 4.68 Å². The number of ether oxygens (including phenoxy) is 1. The van der Waals surface area contributed by atoms with Crippen LogP contribution in [0.4, 0.5) is 0 Å². The molecule has 0 unspecified atom stereocenters. The molecule has 0 spiro atoms. The van der Waals surface area contributed by atoms with Gasteiger partial charge in [-0.2, -0.15) is 5.10 Å². The zero-order chi connectivity index (χ0) is 18.8. The number of nitrogens with zero attached hydrogens (tertiary/aromatic N) is 3. The van der Waals surface area contributed by atoms with Gasteiger partial charge in [0.15, 0.2) is 5.96 Å². The Morgan fingerprint density at radius 1 is 1.19 bits per heavy atom. The molecule has 0 bridgehead atoms. The van der Waals surface area contributed by atoms with Gasteiger partial charge in [0.25, 0.3) is 0 Å². The zero-order valence-electron chi connectivity index (χ0n) is 16.4. The van der Waals surface area contributed by atoms with Crippen LogP contribution in [0.3, 0.4) is 0 Å². The van der Waals surface area contributed by atoms with Crippen molar-refractivity contribution < 1.29 is 4.74 Å². The Labute approximate surface area is 156 Å². The highest BCUT2D eigenvalue weighted by Crippen LogP contribution is 2.13. The number of nitrogens with one attached hydrogen (secondary N) is 2. The summed E-state index contributed by atoms with van der Waals surface area (Å²) in [6.07, 6.45) is 0.992. The van der Waals surface area contributed by atoms with E-state index in [0.29, 0.717) is 13.2 Å². The van der Waals surface area contributed by atoms with Crippen molar-refractivity contribution in [1.82, 2.24) is 20.4 Å². The van der Waals surface area contributed by atoms with Crippen LogP contribution in [0.25, 0.3) is 0 Å². The fourth-order valence-corrected chi connectivity index (χ4v) is 2.75. The second kappa shape index (κ2) is 10.5. The molecule has 142 valence electrons. The van der Waals surface area contributed by atoms with Crippen molar-refractivity contribution in [2.75, 3.05) is 19.7 Å². The monoisotopic (exact) mass is 357 g/mol. The standard InChI is InChI=1S/C20H31N5O/c1-5-21-20(22-11-8-12-25-17(4)13-16(3)24-25)23-15-18-9-7-10-19(14-18)26-6-2/h7,9-10,13-14H,5-6,8,11-12,15H2,1-4H3,(H2,21,22,23). The maximum Gasteiger partial charge on any atom is 0.191 e. The Kier molecular flexibility index (Phi) is 7.99. The molecule has 2 N–H and O–H groups in total. The lowest BCUT2D eigenvalue weighted by molar-refractivity contribution is 0.340. The summed E-state index contributed by atoms with van der Waals surface area (Å²) >= 11 is 0. The van der Waals surface area contributed by atoms with Crippen molar-refractivity contribution in [2.45, 2.75) is 47.2 Å². The van der Waals surface area contributed by atoms with Crippen LogP contribution in [0.15, 0.2) is 35.3 Å². The molecule has 0 aliphatic carbocycles. The zero-order valence-corrected chi connectivity index (χ0v) is 16.4. The van der Waals surface area contributed by atoms with E-state index in [4.69, 9.17) is 4.74 Å². The van der Waals surface area contributed by atoms with E-state index in [1.165, 1.54) is 5.69 Å². The highest BCUT2D eigenvalue weighted by molar-refractivity contribution is 5.79. The topological polar surface area (TPSA) is 63.5 Å². The van der Waals surface area contributed by atoms with Gasteiger partial charge in [0.05, 0.1) is 18.8 Å². The largest absolute Gasteiger partial charge is 0.494 e. The molecule has 2 rings (SSSR count). The molecule has 0 radical (unpaired) electrons. The summed E-state index contributed by atoms with van der Waals surface area (Å²) in [5.41, 5.74) is 3.41. The van der Waals surface area contributed by atoms with E-state index in [2.05, 4.69) is 51.4 Å². The van der Waals surface area contributed by atoms with Crippen molar-refractivity contribution in [3.8, 4) is 5.75 Å². The van der Waals surface area contributed by atoms with Gasteiger partial charge < -0.3 is 15.4 Å². The molecule has 2 aromatic rings. The molecule has 0 atom stereocenters. The van der Waals surface area contributed by atoms with Crippen LogP contribution in [0, 0.1) is 13.8 Å². The SMILES string of the molecule is CCNC(=NCc1cccc(OCC)c1)NCCCn1nc(C)cc1C. The van der Waals surface area contributed by atoms with Crippen LogP contribution < -0.4 is 15.4 Å². The maximum atomic E-state index is 5.55. The molecule has 0 aliphatic heterocycles. The van der Waals surface area contributed by atoms with Gasteiger partial charge >= 0.3 is 0 Å². The van der Waals surface area contributed by atoms with E-state index < -0.39 is 0 Å². The first-order valence-corrected chi connectivity index (χ1v) is 9.37. The molecular weight excluding hydrogens is 326 g/mol. The Hall–Kier alpha value is -2.50. The summed E-state index contributed by atoms with van der Waals surface area (Å²) in [7, 11) is 0. The first kappa shape index (κ1) is 19.8. The highest BCUT2D eigenvalue weighted by Gasteiger charge is 2.02. The lowest BCUT2D eigenvalue weighted by Crippen LogP contribution is -2.38. The predicted octanol–water partition coefficient (Wildman–Crippen LogP) is 3.04. The van der Waals surface area contributed by atoms with Crippen LogP contribution in [-0.4, -0.2) is 35.4 Å². The van der Waals surface area contributed by atoms with Crippen molar-refractivity contribution >= 4 is 5.96 Å². The first-order chi connectivity index (χ1) is 12.6. The predicted molar refractivity (Wildman–Crippen MR) is 107 cm³/mol. The molecular formula is C20H31N5O. The Bertz CT molecular complexity index is 708. The molecule has 1 heterocycles. The molecule has 0 saturated heterocycles. The summed E-state index contributed by atoms with van der Waals surface area (Å²) in [6.45, 7) is 12.1. The van der Waals surface area contributed by atoms with Gasteiger partial charge in [0, 0.05) is 25.3 Å². The molecule has 6 heteroatoms. The minimum absolute atomic E-state index is 0.619. The third kappa shape index (κ3) is 6.43.